The van der Waals surface area contributed by atoms with Crippen molar-refractivity contribution in [3.63, 3.8) is 0 Å². The zero-order chi connectivity index (χ0) is 8.32. The third kappa shape index (κ3) is 2.95. The Morgan fingerprint density at radius 3 is 2.75 bits per heavy atom. The van der Waals surface area contributed by atoms with Crippen molar-refractivity contribution in [2.24, 2.45) is 10.8 Å². The van der Waals surface area contributed by atoms with Gasteiger partial charge < -0.3 is 22.7 Å². The molecule has 1 unspecified atom stereocenters. The maximum absolute atomic E-state index is 5.59. The number of rotatable bonds is 2. The predicted octanol–water partition coefficient (Wildman–Crippen LogP) is -2.31. The highest BCUT2D eigenvalue weighted by molar-refractivity contribution is 5.80. The van der Waals surface area contributed by atoms with Crippen LogP contribution in [-0.4, -0.2) is 30.6 Å². The summed E-state index contributed by atoms with van der Waals surface area (Å²) in [7, 11) is 2.10. The number of allylic oxidation sites excluding steroid dienone is 1. The number of amidine groups is 1. The summed E-state index contributed by atoms with van der Waals surface area (Å²) in [4.78, 5) is 0. The lowest BCUT2D eigenvalue weighted by Crippen LogP contribution is -3.00. The van der Waals surface area contributed by atoms with Crippen molar-refractivity contribution in [2.45, 2.75) is 13.3 Å². The first-order valence-electron chi connectivity index (χ1n) is 3.96. The van der Waals surface area contributed by atoms with Crippen LogP contribution in [0.25, 0.3) is 0 Å². The molecule has 1 aliphatic heterocycles. The van der Waals surface area contributed by atoms with Crippen LogP contribution in [0.5, 0.6) is 0 Å². The molecule has 0 bridgehead atoms. The van der Waals surface area contributed by atoms with Gasteiger partial charge in [0.2, 0.25) is 0 Å². The van der Waals surface area contributed by atoms with E-state index in [4.69, 9.17) is 5.73 Å². The van der Waals surface area contributed by atoms with Gasteiger partial charge in [-0.15, -0.1) is 0 Å². The Morgan fingerprint density at radius 2 is 2.33 bits per heavy atom. The van der Waals surface area contributed by atoms with Crippen molar-refractivity contribution in [1.29, 1.82) is 0 Å². The second-order valence-electron chi connectivity index (χ2n) is 3.16. The average molecular weight is 234 g/mol. The summed E-state index contributed by atoms with van der Waals surface area (Å²) in [5, 5.41) is 4.34. The van der Waals surface area contributed by atoms with Crippen molar-refractivity contribution in [3.8, 4) is 0 Å². The Morgan fingerprint density at radius 1 is 1.67 bits per heavy atom. The predicted molar refractivity (Wildman–Crippen MR) is 47.0 cm³/mol. The van der Waals surface area contributed by atoms with E-state index < -0.39 is 0 Å². The third-order valence-corrected chi connectivity index (χ3v) is 1.95. The summed E-state index contributed by atoms with van der Waals surface area (Å²) in [6.45, 7) is 4.02. The van der Waals surface area contributed by atoms with Gasteiger partial charge in [-0.1, -0.05) is 11.2 Å². The lowest BCUT2D eigenvalue weighted by molar-refractivity contribution is -0.904. The van der Waals surface area contributed by atoms with E-state index in [0.29, 0.717) is 0 Å². The molecular weight excluding hydrogens is 218 g/mol. The van der Waals surface area contributed by atoms with Crippen LogP contribution >= 0.6 is 0 Å². The standard InChI is InChI=1S/C8H16N3.BrH/c1-3-4-6-11(2)7-5-8(9)10-11;/h3-4H,5-7H2,1-2H3,(H2,9,10);1H/q+1;/p-1/b4-3+;. The quantitative estimate of drug-likeness (QED) is 0.423. The summed E-state index contributed by atoms with van der Waals surface area (Å²) >= 11 is 0. The average Bonchev–Trinajstić information content (AvgIpc) is 2.28. The van der Waals surface area contributed by atoms with Gasteiger partial charge in [0.05, 0.1) is 13.5 Å². The maximum atomic E-state index is 5.59. The van der Waals surface area contributed by atoms with Crippen molar-refractivity contribution >= 4 is 5.84 Å². The number of nitrogens with two attached hydrogens (primary N) is 1. The van der Waals surface area contributed by atoms with Crippen LogP contribution < -0.4 is 22.7 Å². The topological polar surface area (TPSA) is 38.4 Å². The molecule has 12 heavy (non-hydrogen) atoms. The number of quaternary nitrogens is 1. The number of nitrogens with zero attached hydrogens (tertiary/aromatic N) is 2. The molecule has 0 aromatic heterocycles. The largest absolute Gasteiger partial charge is 1.00 e. The highest BCUT2D eigenvalue weighted by Gasteiger charge is 2.26. The summed E-state index contributed by atoms with van der Waals surface area (Å²) in [5.74, 6) is 0.789. The van der Waals surface area contributed by atoms with E-state index in [-0.39, 0.29) is 17.0 Å². The Kier molecular flexibility index (Phi) is 4.49. The molecule has 0 radical (unpaired) electrons. The summed E-state index contributed by atoms with van der Waals surface area (Å²) in [6.07, 6.45) is 5.11. The van der Waals surface area contributed by atoms with Crippen LogP contribution in [0, 0.1) is 0 Å². The van der Waals surface area contributed by atoms with Gasteiger partial charge >= 0.3 is 0 Å². The highest BCUT2D eigenvalue weighted by Crippen LogP contribution is 2.12. The molecule has 2 N–H and O–H groups in total. The van der Waals surface area contributed by atoms with E-state index in [1.54, 1.807) is 0 Å². The van der Waals surface area contributed by atoms with Crippen molar-refractivity contribution in [3.05, 3.63) is 12.2 Å². The fourth-order valence-electron chi connectivity index (χ4n) is 1.23. The Hall–Kier alpha value is -0.350. The van der Waals surface area contributed by atoms with Gasteiger partial charge in [-0.3, -0.25) is 0 Å². The molecular formula is C8H16BrN3. The molecule has 0 aromatic rings. The fourth-order valence-corrected chi connectivity index (χ4v) is 1.23. The van der Waals surface area contributed by atoms with Gasteiger partial charge in [-0.2, -0.15) is 4.59 Å². The van der Waals surface area contributed by atoms with Gasteiger partial charge in [0.25, 0.3) is 0 Å². The highest BCUT2D eigenvalue weighted by atomic mass is 79.9. The first kappa shape index (κ1) is 11.6. The number of likely N-dealkylation sites (N-methyl/N-ethyl adjacent to an activating group) is 1. The minimum Gasteiger partial charge on any atom is -1.00 e. The molecule has 0 saturated heterocycles. The molecule has 1 heterocycles. The molecule has 0 spiro atoms. The van der Waals surface area contributed by atoms with Crippen LogP contribution in [-0.2, 0) is 0 Å². The number of hydrogen-bond donors (Lipinski definition) is 1. The maximum Gasteiger partial charge on any atom is 0.161 e. The summed E-state index contributed by atoms with van der Waals surface area (Å²) < 4.78 is 0.718. The van der Waals surface area contributed by atoms with Gasteiger partial charge in [0.1, 0.15) is 13.1 Å². The molecule has 4 heteroatoms. The van der Waals surface area contributed by atoms with Crippen LogP contribution in [0.2, 0.25) is 0 Å². The Balaban J connectivity index is 0.00000121. The lowest BCUT2D eigenvalue weighted by Gasteiger charge is -2.20. The molecule has 0 saturated carbocycles. The minimum atomic E-state index is 0. The molecule has 0 fully saturated rings. The zero-order valence-electron chi connectivity index (χ0n) is 7.63. The first-order chi connectivity index (χ1) is 5.16. The van der Waals surface area contributed by atoms with E-state index in [2.05, 4.69) is 18.2 Å². The lowest BCUT2D eigenvalue weighted by atomic mass is 10.4. The van der Waals surface area contributed by atoms with E-state index in [0.717, 1.165) is 29.9 Å². The Bertz CT molecular complexity index is 200. The van der Waals surface area contributed by atoms with Crippen molar-refractivity contribution in [1.82, 2.24) is 0 Å². The van der Waals surface area contributed by atoms with Gasteiger partial charge in [-0.05, 0) is 13.0 Å². The molecule has 0 amide bonds. The molecule has 1 rings (SSSR count). The normalized spacial score (nSPS) is 28.7. The fraction of sp³-hybridized carbons (Fsp3) is 0.625. The monoisotopic (exact) mass is 233 g/mol. The third-order valence-electron chi connectivity index (χ3n) is 1.95. The minimum absolute atomic E-state index is 0. The molecule has 0 aliphatic carbocycles. The number of hydrogen-bond acceptors (Lipinski definition) is 2. The van der Waals surface area contributed by atoms with Crippen molar-refractivity contribution in [2.75, 3.05) is 20.1 Å². The first-order valence-corrected chi connectivity index (χ1v) is 3.96. The second kappa shape index (κ2) is 4.62. The summed E-state index contributed by atoms with van der Waals surface area (Å²) in [5.41, 5.74) is 5.59. The molecule has 1 aliphatic rings. The van der Waals surface area contributed by atoms with Crippen LogP contribution in [0.4, 0.5) is 0 Å². The summed E-state index contributed by atoms with van der Waals surface area (Å²) in [6, 6.07) is 0. The molecule has 0 aromatic carbocycles. The van der Waals surface area contributed by atoms with E-state index >= 15 is 0 Å². The second-order valence-corrected chi connectivity index (χ2v) is 3.16. The molecule has 1 atom stereocenters. The van der Waals surface area contributed by atoms with Crippen LogP contribution in [0.1, 0.15) is 13.3 Å². The Labute approximate surface area is 84.3 Å². The SMILES string of the molecule is C/C=C/C[N+]1(C)CCC(N)=N1.[Br-]. The molecule has 70 valence electrons. The smallest absolute Gasteiger partial charge is 0.161 e. The number of halogens is 1. The van der Waals surface area contributed by atoms with Crippen molar-refractivity contribution < 1.29 is 21.6 Å². The van der Waals surface area contributed by atoms with Gasteiger partial charge in [0.15, 0.2) is 5.84 Å². The van der Waals surface area contributed by atoms with E-state index in [1.165, 1.54) is 0 Å². The van der Waals surface area contributed by atoms with E-state index in [1.807, 2.05) is 13.0 Å². The van der Waals surface area contributed by atoms with Gasteiger partial charge in [-0.25, -0.2) is 0 Å². The van der Waals surface area contributed by atoms with Crippen LogP contribution in [0.3, 0.4) is 0 Å². The van der Waals surface area contributed by atoms with Crippen LogP contribution in [0.15, 0.2) is 17.3 Å². The van der Waals surface area contributed by atoms with Gasteiger partial charge in [0, 0.05) is 0 Å². The van der Waals surface area contributed by atoms with E-state index in [9.17, 15) is 0 Å². The molecule has 3 nitrogen and oxygen atoms in total. The zero-order valence-corrected chi connectivity index (χ0v) is 9.21.